The lowest BCUT2D eigenvalue weighted by atomic mass is 10.2. The van der Waals surface area contributed by atoms with Crippen LogP contribution in [0.2, 0.25) is 5.02 Å². The third-order valence-corrected chi connectivity index (χ3v) is 4.00. The average molecular weight is 323 g/mol. The lowest BCUT2D eigenvalue weighted by Gasteiger charge is -2.12. The molecule has 0 aliphatic carbocycles. The minimum atomic E-state index is -0.974. The number of benzene rings is 2. The van der Waals surface area contributed by atoms with Crippen LogP contribution in [0.5, 0.6) is 5.75 Å². The van der Waals surface area contributed by atoms with E-state index >= 15 is 0 Å². The molecule has 0 bridgehead atoms. The fourth-order valence-corrected chi connectivity index (χ4v) is 2.80. The lowest BCUT2D eigenvalue weighted by molar-refractivity contribution is 0.0687. The van der Waals surface area contributed by atoms with E-state index in [4.69, 9.17) is 16.3 Å². The average Bonchev–Trinajstić information content (AvgIpc) is 2.47. The summed E-state index contributed by atoms with van der Waals surface area (Å²) < 4.78 is 5.67. The Kier molecular flexibility index (Phi) is 5.53. The molecule has 2 aromatic rings. The summed E-state index contributed by atoms with van der Waals surface area (Å²) in [5.74, 6) is 0.217. The van der Waals surface area contributed by atoms with Gasteiger partial charge in [-0.3, -0.25) is 0 Å². The van der Waals surface area contributed by atoms with E-state index in [1.807, 2.05) is 25.1 Å². The molecular formula is C16H15ClO3S. The van der Waals surface area contributed by atoms with Gasteiger partial charge in [-0.05, 0) is 35.6 Å². The number of carboxylic acid groups (broad SMARTS) is 1. The zero-order chi connectivity index (χ0) is 15.2. The number of hydrogen-bond donors (Lipinski definition) is 1. The smallest absolute Gasteiger partial charge is 0.340 e. The molecule has 0 aliphatic heterocycles. The van der Waals surface area contributed by atoms with Crippen molar-refractivity contribution in [1.82, 2.24) is 0 Å². The van der Waals surface area contributed by atoms with Crippen LogP contribution in [-0.2, 0) is 6.61 Å². The van der Waals surface area contributed by atoms with Gasteiger partial charge in [-0.25, -0.2) is 4.79 Å². The molecular weight excluding hydrogens is 308 g/mol. The van der Waals surface area contributed by atoms with Gasteiger partial charge in [0.1, 0.15) is 17.9 Å². The molecule has 0 fully saturated rings. The van der Waals surface area contributed by atoms with Gasteiger partial charge in [0.15, 0.2) is 0 Å². The van der Waals surface area contributed by atoms with Crippen molar-refractivity contribution < 1.29 is 14.6 Å². The Morgan fingerprint density at radius 3 is 2.57 bits per heavy atom. The quantitative estimate of drug-likeness (QED) is 0.781. The zero-order valence-electron chi connectivity index (χ0n) is 11.5. The first-order valence-electron chi connectivity index (χ1n) is 6.48. The molecule has 110 valence electrons. The molecule has 0 radical (unpaired) electrons. The second kappa shape index (κ2) is 7.38. The predicted octanol–water partition coefficient (Wildman–Crippen LogP) is 4.73. The molecule has 0 atom stereocenters. The van der Waals surface area contributed by atoms with Crippen LogP contribution in [0, 0.1) is 0 Å². The van der Waals surface area contributed by atoms with Crippen LogP contribution in [0.4, 0.5) is 0 Å². The van der Waals surface area contributed by atoms with E-state index in [1.165, 1.54) is 11.8 Å². The molecule has 0 spiro atoms. The number of aromatic carboxylic acids is 1. The maximum Gasteiger partial charge on any atom is 0.340 e. The third kappa shape index (κ3) is 4.16. The molecule has 3 nitrogen and oxygen atoms in total. The Morgan fingerprint density at radius 2 is 1.95 bits per heavy atom. The van der Waals surface area contributed by atoms with Crippen molar-refractivity contribution in [3.8, 4) is 5.75 Å². The van der Waals surface area contributed by atoms with Gasteiger partial charge in [0.05, 0.1) is 0 Å². The van der Waals surface area contributed by atoms with Crippen LogP contribution in [0.3, 0.4) is 0 Å². The number of rotatable bonds is 6. The van der Waals surface area contributed by atoms with Gasteiger partial charge in [-0.2, -0.15) is 0 Å². The molecule has 2 aromatic carbocycles. The van der Waals surface area contributed by atoms with Gasteiger partial charge in [0.2, 0.25) is 0 Å². The van der Waals surface area contributed by atoms with Crippen LogP contribution in [0.25, 0.3) is 0 Å². The minimum Gasteiger partial charge on any atom is -0.488 e. The summed E-state index contributed by atoms with van der Waals surface area (Å²) in [6.07, 6.45) is 0. The van der Waals surface area contributed by atoms with Crippen LogP contribution in [0.15, 0.2) is 47.4 Å². The highest BCUT2D eigenvalue weighted by Gasteiger charge is 2.16. The summed E-state index contributed by atoms with van der Waals surface area (Å²) in [4.78, 5) is 12.2. The fraction of sp³-hybridized carbons (Fsp3) is 0.188. The normalized spacial score (nSPS) is 10.4. The Labute approximate surface area is 132 Å². The maximum absolute atomic E-state index is 11.5. The molecule has 0 saturated carbocycles. The molecule has 1 N–H and O–H groups in total. The summed E-state index contributed by atoms with van der Waals surface area (Å²) in [5, 5.41) is 10.1. The van der Waals surface area contributed by atoms with Gasteiger partial charge in [-0.1, -0.05) is 36.7 Å². The van der Waals surface area contributed by atoms with Gasteiger partial charge in [-0.15, -0.1) is 11.8 Å². The van der Waals surface area contributed by atoms with E-state index in [2.05, 4.69) is 0 Å². The number of carbonyl (C=O) groups is 1. The number of ether oxygens (including phenoxy) is 1. The summed E-state index contributed by atoms with van der Waals surface area (Å²) in [7, 11) is 0. The first-order chi connectivity index (χ1) is 10.1. The molecule has 0 heterocycles. The van der Waals surface area contributed by atoms with E-state index in [1.54, 1.807) is 24.3 Å². The summed E-state index contributed by atoms with van der Waals surface area (Å²) >= 11 is 7.32. The number of carboxylic acids is 1. The van der Waals surface area contributed by atoms with E-state index in [0.29, 0.717) is 17.4 Å². The number of halogens is 1. The Balaban J connectivity index is 2.21. The maximum atomic E-state index is 11.5. The first-order valence-corrected chi connectivity index (χ1v) is 7.84. The second-order valence-corrected chi connectivity index (χ2v) is 6.02. The molecule has 0 unspecified atom stereocenters. The predicted molar refractivity (Wildman–Crippen MR) is 85.6 cm³/mol. The first kappa shape index (κ1) is 15.7. The van der Waals surface area contributed by atoms with Gasteiger partial charge < -0.3 is 9.84 Å². The zero-order valence-corrected chi connectivity index (χ0v) is 13.1. The summed E-state index contributed by atoms with van der Waals surface area (Å²) in [6.45, 7) is 2.29. The molecule has 0 aromatic heterocycles. The largest absolute Gasteiger partial charge is 0.488 e. The van der Waals surface area contributed by atoms with Crippen molar-refractivity contribution in [2.75, 3.05) is 5.75 Å². The topological polar surface area (TPSA) is 46.5 Å². The van der Waals surface area contributed by atoms with Crippen molar-refractivity contribution in [2.24, 2.45) is 0 Å². The van der Waals surface area contributed by atoms with Crippen LogP contribution >= 0.6 is 23.4 Å². The van der Waals surface area contributed by atoms with Crippen molar-refractivity contribution in [2.45, 2.75) is 18.4 Å². The SMILES string of the molecule is CCSc1cccc(OCc2ccc(Cl)cc2)c1C(=O)O. The molecule has 0 aliphatic rings. The Morgan fingerprint density at radius 1 is 1.24 bits per heavy atom. The van der Waals surface area contributed by atoms with E-state index in [9.17, 15) is 9.90 Å². The van der Waals surface area contributed by atoms with Crippen LogP contribution in [-0.4, -0.2) is 16.8 Å². The van der Waals surface area contributed by atoms with Crippen molar-refractivity contribution in [1.29, 1.82) is 0 Å². The Bertz CT molecular complexity index is 626. The molecule has 2 rings (SSSR count). The Hall–Kier alpha value is -1.65. The van der Waals surface area contributed by atoms with Crippen molar-refractivity contribution in [3.63, 3.8) is 0 Å². The highest BCUT2D eigenvalue weighted by molar-refractivity contribution is 7.99. The second-order valence-electron chi connectivity index (χ2n) is 4.28. The molecule has 21 heavy (non-hydrogen) atoms. The minimum absolute atomic E-state index is 0.221. The number of thioether (sulfide) groups is 1. The van der Waals surface area contributed by atoms with Crippen LogP contribution in [0.1, 0.15) is 22.8 Å². The van der Waals surface area contributed by atoms with Gasteiger partial charge in [0, 0.05) is 9.92 Å². The lowest BCUT2D eigenvalue weighted by Crippen LogP contribution is -2.05. The molecule has 5 heteroatoms. The fourth-order valence-electron chi connectivity index (χ4n) is 1.86. The van der Waals surface area contributed by atoms with Crippen molar-refractivity contribution in [3.05, 3.63) is 58.6 Å². The number of hydrogen-bond acceptors (Lipinski definition) is 3. The summed E-state index contributed by atoms with van der Waals surface area (Å²) in [5.41, 5.74) is 1.16. The third-order valence-electron chi connectivity index (χ3n) is 2.81. The van der Waals surface area contributed by atoms with Gasteiger partial charge in [0.25, 0.3) is 0 Å². The van der Waals surface area contributed by atoms with E-state index < -0.39 is 5.97 Å². The highest BCUT2D eigenvalue weighted by Crippen LogP contribution is 2.30. The standard InChI is InChI=1S/C16H15ClO3S/c1-2-21-14-5-3-4-13(15(14)16(18)19)20-10-11-6-8-12(17)9-7-11/h3-9H,2,10H2,1H3,(H,18,19). The van der Waals surface area contributed by atoms with Crippen molar-refractivity contribution >= 4 is 29.3 Å². The monoisotopic (exact) mass is 322 g/mol. The summed E-state index contributed by atoms with van der Waals surface area (Å²) in [6, 6.07) is 12.6. The van der Waals surface area contributed by atoms with E-state index in [-0.39, 0.29) is 5.56 Å². The van der Waals surface area contributed by atoms with Gasteiger partial charge >= 0.3 is 5.97 Å². The van der Waals surface area contributed by atoms with Crippen LogP contribution < -0.4 is 4.74 Å². The molecule has 0 amide bonds. The molecule has 0 saturated heterocycles. The highest BCUT2D eigenvalue weighted by atomic mass is 35.5. The van der Waals surface area contributed by atoms with E-state index in [0.717, 1.165) is 16.2 Å².